The third-order valence-corrected chi connectivity index (χ3v) is 7.34. The molecule has 0 aliphatic carbocycles. The normalized spacial score (nSPS) is 17.1. The number of ether oxygens (including phenoxy) is 1. The van der Waals surface area contributed by atoms with Crippen molar-refractivity contribution in [3.63, 3.8) is 0 Å². The van der Waals surface area contributed by atoms with Gasteiger partial charge in [-0.15, -0.1) is 0 Å². The van der Waals surface area contributed by atoms with E-state index in [-0.39, 0.29) is 15.2 Å². The van der Waals surface area contributed by atoms with E-state index in [2.05, 4.69) is 31.9 Å². The summed E-state index contributed by atoms with van der Waals surface area (Å²) in [6.45, 7) is 14.2. The van der Waals surface area contributed by atoms with Gasteiger partial charge >= 0.3 is 0 Å². The van der Waals surface area contributed by atoms with Crippen molar-refractivity contribution >= 4 is 20.9 Å². The Balaban J connectivity index is 2.08. The van der Waals surface area contributed by atoms with Crippen molar-refractivity contribution in [1.29, 1.82) is 0 Å². The highest BCUT2D eigenvalue weighted by Gasteiger charge is 2.27. The maximum absolute atomic E-state index is 13.1. The van der Waals surface area contributed by atoms with Gasteiger partial charge in [-0.2, -0.15) is 0 Å². The fourth-order valence-corrected chi connectivity index (χ4v) is 5.22. The van der Waals surface area contributed by atoms with Crippen LogP contribution in [-0.2, 0) is 26.5 Å². The van der Waals surface area contributed by atoms with E-state index in [0.717, 1.165) is 49.5 Å². The van der Waals surface area contributed by atoms with E-state index in [0.29, 0.717) is 5.92 Å². The van der Waals surface area contributed by atoms with Gasteiger partial charge in [-0.3, -0.25) is 0 Å². The molecule has 3 rings (SSSR count). The monoisotopic (exact) mass is 428 g/mol. The fraction of sp³-hybridized carbons (Fsp3) is 0.458. The number of hydrogen-bond acceptors (Lipinski definition) is 4. The SMILES string of the molecule is C=C/C=C\C(=C/C)S(=O)(=O)c1ccc2c(c1)nc(C(C)(C)C)n2CC1CCOCC1. The zero-order chi connectivity index (χ0) is 21.9. The second kappa shape index (κ2) is 8.90. The average Bonchev–Trinajstić information content (AvgIpc) is 3.07. The minimum Gasteiger partial charge on any atom is -0.381 e. The molecule has 1 aliphatic heterocycles. The number of nitrogens with zero attached hydrogens (tertiary/aromatic N) is 2. The van der Waals surface area contributed by atoms with Crippen LogP contribution in [0.5, 0.6) is 0 Å². The number of fused-ring (bicyclic) bond motifs is 1. The third kappa shape index (κ3) is 4.60. The van der Waals surface area contributed by atoms with Gasteiger partial charge < -0.3 is 9.30 Å². The summed E-state index contributed by atoms with van der Waals surface area (Å²) < 4.78 is 34.0. The molecule has 1 aromatic carbocycles. The second-order valence-electron chi connectivity index (χ2n) is 8.79. The summed E-state index contributed by atoms with van der Waals surface area (Å²) in [6.07, 6.45) is 8.44. The molecule has 5 nitrogen and oxygen atoms in total. The molecule has 2 aromatic rings. The van der Waals surface area contributed by atoms with Gasteiger partial charge in [0, 0.05) is 25.2 Å². The lowest BCUT2D eigenvalue weighted by molar-refractivity contribution is 0.0611. The van der Waals surface area contributed by atoms with E-state index in [4.69, 9.17) is 9.72 Å². The highest BCUT2D eigenvalue weighted by Crippen LogP contribution is 2.31. The number of allylic oxidation sites excluding steroid dienone is 4. The first-order valence-electron chi connectivity index (χ1n) is 10.5. The van der Waals surface area contributed by atoms with Crippen molar-refractivity contribution in [2.75, 3.05) is 13.2 Å². The molecule has 162 valence electrons. The van der Waals surface area contributed by atoms with E-state index < -0.39 is 9.84 Å². The van der Waals surface area contributed by atoms with Crippen LogP contribution in [0.25, 0.3) is 11.0 Å². The van der Waals surface area contributed by atoms with E-state index in [1.807, 2.05) is 6.07 Å². The molecule has 0 atom stereocenters. The van der Waals surface area contributed by atoms with E-state index in [1.165, 1.54) is 0 Å². The molecule has 1 fully saturated rings. The Labute approximate surface area is 180 Å². The highest BCUT2D eigenvalue weighted by molar-refractivity contribution is 7.95. The number of benzene rings is 1. The molecule has 30 heavy (non-hydrogen) atoms. The molecule has 0 radical (unpaired) electrons. The van der Waals surface area contributed by atoms with Crippen LogP contribution in [0.3, 0.4) is 0 Å². The second-order valence-corrected chi connectivity index (χ2v) is 10.7. The minimum atomic E-state index is -3.62. The summed E-state index contributed by atoms with van der Waals surface area (Å²) in [5.41, 5.74) is 1.55. The van der Waals surface area contributed by atoms with Crippen molar-refractivity contribution in [2.24, 2.45) is 5.92 Å². The van der Waals surface area contributed by atoms with Gasteiger partial charge in [0.1, 0.15) is 5.82 Å². The van der Waals surface area contributed by atoms with Crippen molar-refractivity contribution < 1.29 is 13.2 Å². The van der Waals surface area contributed by atoms with Crippen LogP contribution in [0, 0.1) is 5.92 Å². The molecule has 0 saturated carbocycles. The molecule has 1 saturated heterocycles. The van der Waals surface area contributed by atoms with Gasteiger partial charge in [-0.25, -0.2) is 13.4 Å². The molecule has 0 amide bonds. The van der Waals surface area contributed by atoms with Crippen molar-refractivity contribution in [3.8, 4) is 0 Å². The van der Waals surface area contributed by atoms with Crippen molar-refractivity contribution in [1.82, 2.24) is 9.55 Å². The summed E-state index contributed by atoms with van der Waals surface area (Å²) >= 11 is 0. The average molecular weight is 429 g/mol. The van der Waals surface area contributed by atoms with E-state index in [9.17, 15) is 8.42 Å². The fourth-order valence-electron chi connectivity index (χ4n) is 3.86. The maximum atomic E-state index is 13.1. The van der Waals surface area contributed by atoms with Crippen LogP contribution in [-0.4, -0.2) is 31.2 Å². The zero-order valence-electron chi connectivity index (χ0n) is 18.4. The van der Waals surface area contributed by atoms with Crippen LogP contribution in [0.2, 0.25) is 0 Å². The lowest BCUT2D eigenvalue weighted by Gasteiger charge is -2.26. The third-order valence-electron chi connectivity index (χ3n) is 5.47. The number of rotatable bonds is 6. The Morgan fingerprint density at radius 1 is 1.30 bits per heavy atom. The van der Waals surface area contributed by atoms with E-state index in [1.54, 1.807) is 43.4 Å². The Hall–Kier alpha value is -2.18. The Morgan fingerprint density at radius 2 is 2.00 bits per heavy atom. The first kappa shape index (κ1) is 22.5. The molecular formula is C24H32N2O3S. The first-order valence-corrected chi connectivity index (χ1v) is 12.0. The standard InChI is InChI=1S/C24H32N2O3S/c1-6-8-9-19(7-2)30(27,28)20-10-11-22-21(16-20)25-23(24(3,4)5)26(22)17-18-12-14-29-15-13-18/h6-11,16,18H,1,12-15,17H2,2-5H3/b9-8-,19-7+. The summed E-state index contributed by atoms with van der Waals surface area (Å²) in [6, 6.07) is 5.29. The summed E-state index contributed by atoms with van der Waals surface area (Å²) in [4.78, 5) is 5.39. The molecule has 0 bridgehead atoms. The van der Waals surface area contributed by atoms with Gasteiger partial charge in [0.05, 0.1) is 20.8 Å². The molecule has 0 spiro atoms. The number of imidazole rings is 1. The van der Waals surface area contributed by atoms with Gasteiger partial charge in [-0.1, -0.05) is 45.6 Å². The quantitative estimate of drug-likeness (QED) is 0.595. The smallest absolute Gasteiger partial charge is 0.206 e. The molecule has 0 unspecified atom stereocenters. The number of aromatic nitrogens is 2. The van der Waals surface area contributed by atoms with Crippen LogP contribution in [0.15, 0.2) is 58.9 Å². The molecule has 6 heteroatoms. The predicted molar refractivity (Wildman–Crippen MR) is 122 cm³/mol. The number of hydrogen-bond donors (Lipinski definition) is 0. The Kier molecular flexibility index (Phi) is 6.68. The van der Waals surface area contributed by atoms with E-state index >= 15 is 0 Å². The van der Waals surface area contributed by atoms with Crippen LogP contribution in [0.4, 0.5) is 0 Å². The van der Waals surface area contributed by atoms with Crippen molar-refractivity contribution in [3.05, 3.63) is 59.8 Å². The van der Waals surface area contributed by atoms with Crippen LogP contribution in [0.1, 0.15) is 46.4 Å². The largest absolute Gasteiger partial charge is 0.381 e. The minimum absolute atomic E-state index is 0.148. The maximum Gasteiger partial charge on any atom is 0.206 e. The zero-order valence-corrected chi connectivity index (χ0v) is 19.2. The van der Waals surface area contributed by atoms with Gasteiger partial charge in [0.15, 0.2) is 0 Å². The summed E-state index contributed by atoms with van der Waals surface area (Å²) in [5.74, 6) is 1.52. The Morgan fingerprint density at radius 3 is 2.60 bits per heavy atom. The van der Waals surface area contributed by atoms with Gasteiger partial charge in [0.2, 0.25) is 9.84 Å². The lowest BCUT2D eigenvalue weighted by Crippen LogP contribution is -2.25. The van der Waals surface area contributed by atoms with Crippen molar-refractivity contribution in [2.45, 2.75) is 57.4 Å². The summed E-state index contributed by atoms with van der Waals surface area (Å²) in [5, 5.41) is 0. The van der Waals surface area contributed by atoms with Gasteiger partial charge in [-0.05, 0) is 50.0 Å². The van der Waals surface area contributed by atoms with Crippen LogP contribution >= 0.6 is 0 Å². The Bertz CT molecular complexity index is 1080. The molecule has 0 N–H and O–H groups in total. The number of sulfone groups is 1. The summed E-state index contributed by atoms with van der Waals surface area (Å²) in [7, 11) is -3.62. The van der Waals surface area contributed by atoms with Gasteiger partial charge in [0.25, 0.3) is 0 Å². The topological polar surface area (TPSA) is 61.2 Å². The molecule has 1 aliphatic rings. The van der Waals surface area contributed by atoms with Crippen LogP contribution < -0.4 is 0 Å². The molecule has 2 heterocycles. The lowest BCUT2D eigenvalue weighted by atomic mass is 9.94. The molecule has 1 aromatic heterocycles. The predicted octanol–water partition coefficient (Wildman–Crippen LogP) is 5.18. The molecular weight excluding hydrogens is 396 g/mol. The highest BCUT2D eigenvalue weighted by atomic mass is 32.2. The first-order chi connectivity index (χ1) is 14.2.